The molecule has 0 atom stereocenters. The van der Waals surface area contributed by atoms with Crippen LogP contribution in [0.15, 0.2) is 29.2 Å². The third-order valence-corrected chi connectivity index (χ3v) is 8.76. The fourth-order valence-electron chi connectivity index (χ4n) is 4.12. The smallest absolute Gasteiger partial charge is 0.256 e. The first-order valence-electron chi connectivity index (χ1n) is 11.5. The van der Waals surface area contributed by atoms with E-state index in [1.54, 1.807) is 0 Å². The van der Waals surface area contributed by atoms with E-state index in [-0.39, 0.29) is 10.8 Å². The highest BCUT2D eigenvalue weighted by Gasteiger charge is 2.26. The average molecular weight is 489 g/mol. The monoisotopic (exact) mass is 488 g/mol. The van der Waals surface area contributed by atoms with Crippen molar-refractivity contribution >= 4 is 32.3 Å². The summed E-state index contributed by atoms with van der Waals surface area (Å²) in [4.78, 5) is 16.6. The number of amides is 1. The summed E-state index contributed by atoms with van der Waals surface area (Å²) in [5, 5.41) is 13.2. The number of thiophene rings is 1. The van der Waals surface area contributed by atoms with Crippen molar-refractivity contribution < 1.29 is 13.2 Å². The second-order valence-electron chi connectivity index (χ2n) is 8.23. The van der Waals surface area contributed by atoms with Crippen molar-refractivity contribution in [3.05, 3.63) is 45.8 Å². The molecule has 0 fully saturated rings. The second-order valence-corrected chi connectivity index (χ2v) is 11.3. The lowest BCUT2D eigenvalue weighted by Gasteiger charge is -2.26. The van der Waals surface area contributed by atoms with E-state index in [1.165, 1.54) is 39.9 Å². The van der Waals surface area contributed by atoms with Crippen LogP contribution in [0.1, 0.15) is 66.4 Å². The molecule has 1 aromatic carbocycles. The lowest BCUT2D eigenvalue weighted by atomic mass is 10.0. The van der Waals surface area contributed by atoms with Crippen LogP contribution >= 0.6 is 11.3 Å². The van der Waals surface area contributed by atoms with Gasteiger partial charge in [0.2, 0.25) is 10.0 Å². The minimum Gasteiger partial charge on any atom is -0.312 e. The highest BCUT2D eigenvalue weighted by atomic mass is 32.2. The number of benzene rings is 1. The van der Waals surface area contributed by atoms with E-state index in [2.05, 4.69) is 23.2 Å². The Morgan fingerprint density at radius 3 is 2.39 bits per heavy atom. The van der Waals surface area contributed by atoms with Crippen molar-refractivity contribution in [1.82, 2.24) is 9.21 Å². The SMILES string of the molecule is CCCN1CCc2c(sc(NC(=O)c3ccc(S(=O)(=O)N(CCC)CCC)cc3)c2C#N)C1. The number of nitrogens with zero attached hydrogens (tertiary/aromatic N) is 3. The van der Waals surface area contributed by atoms with Gasteiger partial charge in [0.1, 0.15) is 11.1 Å². The Morgan fingerprint density at radius 1 is 1.15 bits per heavy atom. The van der Waals surface area contributed by atoms with Gasteiger partial charge in [0, 0.05) is 36.6 Å². The number of hydrogen-bond donors (Lipinski definition) is 1. The summed E-state index contributed by atoms with van der Waals surface area (Å²) in [6, 6.07) is 8.29. The zero-order chi connectivity index (χ0) is 24.0. The molecular weight excluding hydrogens is 456 g/mol. The Bertz CT molecular complexity index is 1110. The molecule has 3 rings (SSSR count). The molecule has 0 radical (unpaired) electrons. The normalized spacial score (nSPS) is 14.2. The van der Waals surface area contributed by atoms with Crippen LogP contribution in [0, 0.1) is 11.3 Å². The van der Waals surface area contributed by atoms with Gasteiger partial charge in [0.25, 0.3) is 5.91 Å². The molecule has 2 aromatic rings. The average Bonchev–Trinajstić information content (AvgIpc) is 3.15. The fourth-order valence-corrected chi connectivity index (χ4v) is 6.98. The van der Waals surface area contributed by atoms with E-state index < -0.39 is 10.0 Å². The van der Waals surface area contributed by atoms with E-state index in [0.29, 0.717) is 29.2 Å². The Kier molecular flexibility index (Phi) is 8.65. The van der Waals surface area contributed by atoms with Crippen molar-refractivity contribution in [2.45, 2.75) is 57.9 Å². The Labute approximate surface area is 201 Å². The zero-order valence-corrected chi connectivity index (χ0v) is 21.2. The minimum absolute atomic E-state index is 0.182. The third kappa shape index (κ3) is 5.64. The lowest BCUT2D eigenvalue weighted by Crippen LogP contribution is -2.32. The zero-order valence-electron chi connectivity index (χ0n) is 19.6. The highest BCUT2D eigenvalue weighted by molar-refractivity contribution is 7.89. The van der Waals surface area contributed by atoms with Gasteiger partial charge in [-0.25, -0.2) is 8.42 Å². The molecule has 1 amide bonds. The predicted molar refractivity (Wildman–Crippen MR) is 132 cm³/mol. The summed E-state index contributed by atoms with van der Waals surface area (Å²) in [5.41, 5.74) is 1.95. The van der Waals surface area contributed by atoms with E-state index >= 15 is 0 Å². The number of rotatable bonds is 10. The Hall–Kier alpha value is -2.25. The van der Waals surface area contributed by atoms with E-state index in [9.17, 15) is 18.5 Å². The maximum atomic E-state index is 12.9. The highest BCUT2D eigenvalue weighted by Crippen LogP contribution is 2.37. The lowest BCUT2D eigenvalue weighted by molar-refractivity contribution is 0.102. The van der Waals surface area contributed by atoms with Gasteiger partial charge < -0.3 is 5.32 Å². The quantitative estimate of drug-likeness (QED) is 0.533. The summed E-state index contributed by atoms with van der Waals surface area (Å²) >= 11 is 1.46. The van der Waals surface area contributed by atoms with Crippen LogP contribution in [-0.2, 0) is 23.0 Å². The van der Waals surface area contributed by atoms with Crippen LogP contribution in [0.5, 0.6) is 0 Å². The molecule has 0 unspecified atom stereocenters. The topological polar surface area (TPSA) is 93.5 Å². The van der Waals surface area contributed by atoms with Crippen LogP contribution in [0.2, 0.25) is 0 Å². The van der Waals surface area contributed by atoms with Crippen LogP contribution in [-0.4, -0.2) is 49.7 Å². The summed E-state index contributed by atoms with van der Waals surface area (Å²) in [6.45, 7) is 9.72. The molecule has 0 aliphatic carbocycles. The molecule has 33 heavy (non-hydrogen) atoms. The molecule has 1 aliphatic heterocycles. The number of carbonyl (C=O) groups excluding carboxylic acids is 1. The summed E-state index contributed by atoms with van der Waals surface area (Å²) < 4.78 is 27.4. The molecule has 1 aromatic heterocycles. The van der Waals surface area contributed by atoms with Gasteiger partial charge >= 0.3 is 0 Å². The van der Waals surface area contributed by atoms with Crippen LogP contribution in [0.25, 0.3) is 0 Å². The number of carbonyl (C=O) groups is 1. The van der Waals surface area contributed by atoms with Gasteiger partial charge in [0.05, 0.1) is 10.5 Å². The molecule has 2 heterocycles. The Morgan fingerprint density at radius 2 is 1.82 bits per heavy atom. The van der Waals surface area contributed by atoms with Gasteiger partial charge in [-0.05, 0) is 62.1 Å². The summed E-state index contributed by atoms with van der Waals surface area (Å²) in [7, 11) is -3.59. The van der Waals surface area contributed by atoms with Crippen LogP contribution in [0.3, 0.4) is 0 Å². The number of fused-ring (bicyclic) bond motifs is 1. The van der Waals surface area contributed by atoms with Gasteiger partial charge in [-0.3, -0.25) is 9.69 Å². The molecule has 0 saturated heterocycles. The van der Waals surface area contributed by atoms with Crippen LogP contribution < -0.4 is 5.32 Å². The summed E-state index contributed by atoms with van der Waals surface area (Å²) in [6.07, 6.45) is 3.36. The van der Waals surface area contributed by atoms with Gasteiger partial charge in [-0.1, -0.05) is 20.8 Å². The van der Waals surface area contributed by atoms with E-state index in [1.807, 2.05) is 13.8 Å². The molecule has 7 nitrogen and oxygen atoms in total. The minimum atomic E-state index is -3.59. The van der Waals surface area contributed by atoms with E-state index in [0.717, 1.165) is 55.8 Å². The molecular formula is C24H32N4O3S2. The molecule has 1 aliphatic rings. The largest absolute Gasteiger partial charge is 0.312 e. The Balaban J connectivity index is 1.77. The number of hydrogen-bond acceptors (Lipinski definition) is 6. The molecule has 0 saturated carbocycles. The van der Waals surface area contributed by atoms with Crippen molar-refractivity contribution in [1.29, 1.82) is 5.26 Å². The van der Waals surface area contributed by atoms with Crippen molar-refractivity contribution in [3.63, 3.8) is 0 Å². The first kappa shape index (κ1) is 25.4. The van der Waals surface area contributed by atoms with Crippen LogP contribution in [0.4, 0.5) is 5.00 Å². The maximum absolute atomic E-state index is 12.9. The van der Waals surface area contributed by atoms with Gasteiger partial charge in [0.15, 0.2) is 0 Å². The standard InChI is InChI=1S/C24H32N4O3S2/c1-4-12-27-15-11-20-21(16-25)24(32-22(20)17-27)26-23(29)18-7-9-19(10-8-18)33(30,31)28(13-5-2)14-6-3/h7-10H,4-6,11-15,17H2,1-3H3,(H,26,29). The number of sulfonamides is 1. The van der Waals surface area contributed by atoms with Gasteiger partial charge in [-0.2, -0.15) is 9.57 Å². The molecule has 9 heteroatoms. The summed E-state index contributed by atoms with van der Waals surface area (Å²) in [5.74, 6) is -0.349. The molecule has 0 bridgehead atoms. The van der Waals surface area contributed by atoms with E-state index in [4.69, 9.17) is 0 Å². The number of nitrogens with one attached hydrogen (secondary N) is 1. The number of anilines is 1. The number of nitriles is 1. The van der Waals surface area contributed by atoms with Crippen molar-refractivity contribution in [3.8, 4) is 6.07 Å². The second kappa shape index (κ2) is 11.3. The van der Waals surface area contributed by atoms with Gasteiger partial charge in [-0.15, -0.1) is 11.3 Å². The molecule has 0 spiro atoms. The van der Waals surface area contributed by atoms with Crippen molar-refractivity contribution in [2.75, 3.05) is 31.5 Å². The third-order valence-electron chi connectivity index (χ3n) is 5.71. The van der Waals surface area contributed by atoms with Crippen molar-refractivity contribution in [2.24, 2.45) is 0 Å². The first-order valence-corrected chi connectivity index (χ1v) is 13.8. The fraction of sp³-hybridized carbons (Fsp3) is 0.500. The first-order chi connectivity index (χ1) is 15.8. The maximum Gasteiger partial charge on any atom is 0.256 e. The molecule has 178 valence electrons. The molecule has 1 N–H and O–H groups in total. The predicted octanol–water partition coefficient (Wildman–Crippen LogP) is 4.45.